The first-order chi connectivity index (χ1) is 11.2. The first-order valence-electron chi connectivity index (χ1n) is 7.38. The van der Waals surface area contributed by atoms with E-state index in [1.54, 1.807) is 26.4 Å². The fourth-order valence-corrected chi connectivity index (χ4v) is 2.72. The van der Waals surface area contributed by atoms with Crippen molar-refractivity contribution in [2.45, 2.75) is 6.42 Å². The topological polar surface area (TPSA) is 40.0 Å². The van der Waals surface area contributed by atoms with Gasteiger partial charge in [-0.25, -0.2) is 0 Å². The summed E-state index contributed by atoms with van der Waals surface area (Å²) in [5.41, 5.74) is 3.18. The van der Waals surface area contributed by atoms with Crippen LogP contribution in [0.1, 0.15) is 11.1 Å². The molecule has 5 heteroatoms. The lowest BCUT2D eigenvalue weighted by Gasteiger charge is -2.20. The fourth-order valence-electron chi connectivity index (χ4n) is 2.60. The van der Waals surface area contributed by atoms with Gasteiger partial charge in [-0.2, -0.15) is 0 Å². The highest BCUT2D eigenvalue weighted by molar-refractivity contribution is 6.30. The van der Waals surface area contributed by atoms with Crippen molar-refractivity contribution in [1.82, 2.24) is 0 Å². The zero-order valence-corrected chi connectivity index (χ0v) is 13.9. The standard InChI is InChI=1S/C18H18ClNO3/c1-21-17-9-12-7-8-20-16(15(12)10-18(17)22-2)11-23-14-5-3-13(19)4-6-14/h3-6,9-10H,7-8,11H2,1-2H3. The molecule has 0 fully saturated rings. The molecule has 1 aliphatic heterocycles. The van der Waals surface area contributed by atoms with Crippen molar-refractivity contribution in [1.29, 1.82) is 0 Å². The van der Waals surface area contributed by atoms with E-state index in [0.29, 0.717) is 17.4 Å². The van der Waals surface area contributed by atoms with Crippen LogP contribution in [0, 0.1) is 0 Å². The highest BCUT2D eigenvalue weighted by atomic mass is 35.5. The molecule has 0 saturated heterocycles. The van der Waals surface area contributed by atoms with E-state index in [1.807, 2.05) is 24.3 Å². The summed E-state index contributed by atoms with van der Waals surface area (Å²) in [4.78, 5) is 4.60. The Labute approximate surface area is 140 Å². The number of benzene rings is 2. The molecule has 0 N–H and O–H groups in total. The Kier molecular flexibility index (Phi) is 4.72. The van der Waals surface area contributed by atoms with Gasteiger partial charge in [0.15, 0.2) is 11.5 Å². The summed E-state index contributed by atoms with van der Waals surface area (Å²) in [7, 11) is 3.28. The molecule has 120 valence electrons. The van der Waals surface area contributed by atoms with Crippen molar-refractivity contribution in [3.8, 4) is 17.2 Å². The summed E-state index contributed by atoms with van der Waals surface area (Å²) < 4.78 is 16.6. The molecule has 0 atom stereocenters. The van der Waals surface area contributed by atoms with Gasteiger partial charge >= 0.3 is 0 Å². The van der Waals surface area contributed by atoms with Crippen LogP contribution < -0.4 is 14.2 Å². The third kappa shape index (κ3) is 3.42. The van der Waals surface area contributed by atoms with Crippen LogP contribution in [0.3, 0.4) is 0 Å². The molecule has 0 radical (unpaired) electrons. The number of halogens is 1. The summed E-state index contributed by atoms with van der Waals surface area (Å²) in [6, 6.07) is 11.3. The van der Waals surface area contributed by atoms with Gasteiger partial charge in [0.25, 0.3) is 0 Å². The molecule has 4 nitrogen and oxygen atoms in total. The summed E-state index contributed by atoms with van der Waals surface area (Å²) in [5.74, 6) is 2.21. The first-order valence-corrected chi connectivity index (χ1v) is 7.76. The number of hydrogen-bond donors (Lipinski definition) is 0. The SMILES string of the molecule is COc1cc2c(cc1OC)C(COc1ccc(Cl)cc1)=NCC2. The van der Waals surface area contributed by atoms with Crippen LogP contribution in [-0.2, 0) is 6.42 Å². The quantitative estimate of drug-likeness (QED) is 0.837. The molecule has 2 aromatic carbocycles. The predicted octanol–water partition coefficient (Wildman–Crippen LogP) is 3.78. The zero-order valence-electron chi connectivity index (χ0n) is 13.1. The molecule has 0 aliphatic carbocycles. The molecule has 1 heterocycles. The number of aliphatic imine (C=N–C) groups is 1. The number of ether oxygens (including phenoxy) is 3. The van der Waals surface area contributed by atoms with Crippen molar-refractivity contribution in [3.05, 3.63) is 52.5 Å². The van der Waals surface area contributed by atoms with Gasteiger partial charge in [0, 0.05) is 17.1 Å². The normalized spacial score (nSPS) is 13.1. The third-order valence-electron chi connectivity index (χ3n) is 3.79. The molecular weight excluding hydrogens is 314 g/mol. The van der Waals surface area contributed by atoms with E-state index < -0.39 is 0 Å². The minimum atomic E-state index is 0.407. The van der Waals surface area contributed by atoms with Crippen LogP contribution in [0.4, 0.5) is 0 Å². The second-order valence-electron chi connectivity index (χ2n) is 5.19. The van der Waals surface area contributed by atoms with E-state index in [2.05, 4.69) is 4.99 Å². The van der Waals surface area contributed by atoms with Crippen molar-refractivity contribution < 1.29 is 14.2 Å². The summed E-state index contributed by atoms with van der Waals surface area (Å²) >= 11 is 5.88. The van der Waals surface area contributed by atoms with Gasteiger partial charge in [0.05, 0.1) is 19.9 Å². The minimum Gasteiger partial charge on any atom is -0.493 e. The van der Waals surface area contributed by atoms with E-state index in [-0.39, 0.29) is 0 Å². The van der Waals surface area contributed by atoms with E-state index in [4.69, 9.17) is 25.8 Å². The molecule has 23 heavy (non-hydrogen) atoms. The Balaban J connectivity index is 1.82. The van der Waals surface area contributed by atoms with Crippen LogP contribution in [0.15, 0.2) is 41.4 Å². The maximum absolute atomic E-state index is 5.88. The largest absolute Gasteiger partial charge is 0.493 e. The highest BCUT2D eigenvalue weighted by Crippen LogP contribution is 2.32. The van der Waals surface area contributed by atoms with Gasteiger partial charge < -0.3 is 14.2 Å². The molecule has 0 unspecified atom stereocenters. The Morgan fingerprint density at radius 2 is 1.74 bits per heavy atom. The first kappa shape index (κ1) is 15.7. The molecule has 0 bridgehead atoms. The molecule has 0 saturated carbocycles. The van der Waals surface area contributed by atoms with Crippen molar-refractivity contribution in [2.24, 2.45) is 4.99 Å². The fraction of sp³-hybridized carbons (Fsp3) is 0.278. The van der Waals surface area contributed by atoms with Gasteiger partial charge in [-0.1, -0.05) is 11.6 Å². The predicted molar refractivity (Wildman–Crippen MR) is 91.6 cm³/mol. The van der Waals surface area contributed by atoms with Gasteiger partial charge in [-0.3, -0.25) is 4.99 Å². The Morgan fingerprint density at radius 1 is 1.04 bits per heavy atom. The highest BCUT2D eigenvalue weighted by Gasteiger charge is 2.18. The van der Waals surface area contributed by atoms with E-state index in [9.17, 15) is 0 Å². The van der Waals surface area contributed by atoms with Crippen molar-refractivity contribution in [3.63, 3.8) is 0 Å². The van der Waals surface area contributed by atoms with Gasteiger partial charge in [0.2, 0.25) is 0 Å². The third-order valence-corrected chi connectivity index (χ3v) is 4.05. The molecular formula is C18H18ClNO3. The number of nitrogens with zero attached hydrogens (tertiary/aromatic N) is 1. The maximum Gasteiger partial charge on any atom is 0.161 e. The lowest BCUT2D eigenvalue weighted by Crippen LogP contribution is -2.20. The van der Waals surface area contributed by atoms with Gasteiger partial charge in [-0.05, 0) is 48.4 Å². The maximum atomic E-state index is 5.88. The number of hydrogen-bond acceptors (Lipinski definition) is 4. The Hall–Kier alpha value is -2.20. The molecule has 2 aromatic rings. The average Bonchev–Trinajstić information content (AvgIpc) is 2.60. The second-order valence-corrected chi connectivity index (χ2v) is 5.62. The summed E-state index contributed by atoms with van der Waals surface area (Å²) in [5, 5.41) is 0.689. The molecule has 0 amide bonds. The number of fused-ring (bicyclic) bond motifs is 1. The Morgan fingerprint density at radius 3 is 2.43 bits per heavy atom. The number of rotatable bonds is 5. The zero-order chi connectivity index (χ0) is 16.2. The van der Waals surface area contributed by atoms with Crippen LogP contribution in [-0.4, -0.2) is 33.1 Å². The van der Waals surface area contributed by atoms with Crippen LogP contribution in [0.5, 0.6) is 17.2 Å². The van der Waals surface area contributed by atoms with Crippen LogP contribution in [0.25, 0.3) is 0 Å². The molecule has 0 spiro atoms. The smallest absolute Gasteiger partial charge is 0.161 e. The lowest BCUT2D eigenvalue weighted by molar-refractivity contribution is 0.354. The van der Waals surface area contributed by atoms with E-state index in [0.717, 1.165) is 35.7 Å². The molecule has 3 rings (SSSR count). The number of methoxy groups -OCH3 is 2. The lowest BCUT2D eigenvalue weighted by atomic mass is 9.97. The van der Waals surface area contributed by atoms with Gasteiger partial charge in [-0.15, -0.1) is 0 Å². The summed E-state index contributed by atoms with van der Waals surface area (Å²) in [6.45, 7) is 1.16. The van der Waals surface area contributed by atoms with E-state index >= 15 is 0 Å². The monoisotopic (exact) mass is 331 g/mol. The minimum absolute atomic E-state index is 0.407. The second kappa shape index (κ2) is 6.92. The Bertz CT molecular complexity index is 726. The van der Waals surface area contributed by atoms with E-state index in [1.165, 1.54) is 5.56 Å². The van der Waals surface area contributed by atoms with Crippen molar-refractivity contribution >= 4 is 17.3 Å². The molecule has 0 aromatic heterocycles. The average molecular weight is 332 g/mol. The van der Waals surface area contributed by atoms with Crippen molar-refractivity contribution in [2.75, 3.05) is 27.4 Å². The van der Waals surface area contributed by atoms with Crippen LogP contribution >= 0.6 is 11.6 Å². The van der Waals surface area contributed by atoms with Gasteiger partial charge in [0.1, 0.15) is 12.4 Å². The summed E-state index contributed by atoms with van der Waals surface area (Å²) in [6.07, 6.45) is 0.889. The molecule has 1 aliphatic rings. The van der Waals surface area contributed by atoms with Crippen LogP contribution in [0.2, 0.25) is 5.02 Å².